The second-order valence-corrected chi connectivity index (χ2v) is 6.10. The molecule has 0 radical (unpaired) electrons. The van der Waals surface area contributed by atoms with Crippen LogP contribution in [-0.2, 0) is 6.54 Å². The smallest absolute Gasteiger partial charge is 0.354 e. The maximum atomic E-state index is 12.4. The summed E-state index contributed by atoms with van der Waals surface area (Å²) in [6.45, 7) is 4.09. The molecule has 6 nitrogen and oxygen atoms in total. The summed E-state index contributed by atoms with van der Waals surface area (Å²) >= 11 is 1.14. The molecule has 3 rings (SSSR count). The molecule has 24 heavy (non-hydrogen) atoms. The number of carbonyl (C=O) groups is 1. The van der Waals surface area contributed by atoms with Gasteiger partial charge in [-0.25, -0.2) is 9.78 Å². The minimum atomic E-state index is -0.539. The molecule has 2 heterocycles. The van der Waals surface area contributed by atoms with Crippen molar-refractivity contribution in [3.8, 4) is 11.8 Å². The van der Waals surface area contributed by atoms with Crippen molar-refractivity contribution in [3.63, 3.8) is 0 Å². The Kier molecular flexibility index (Phi) is 4.15. The molecule has 0 unspecified atom stereocenters. The molecule has 2 aromatic heterocycles. The van der Waals surface area contributed by atoms with Crippen LogP contribution in [0.4, 0.5) is 0 Å². The standard InChI is InChI=1S/C17H13N3O3S/c1-3-20-9-19-15-13(16(20)21)10(2)14(24-15)17(22)23-12-6-4-11(8-18)5-7-12/h4-7,9H,3H2,1-2H3. The SMILES string of the molecule is CCn1cnc2sc(C(=O)Oc3ccc(C#N)cc3)c(C)c2c1=O. The predicted molar refractivity (Wildman–Crippen MR) is 90.4 cm³/mol. The zero-order valence-electron chi connectivity index (χ0n) is 13.1. The fraction of sp³-hybridized carbons (Fsp3) is 0.176. The van der Waals surface area contributed by atoms with Crippen molar-refractivity contribution in [3.05, 3.63) is 57.0 Å². The van der Waals surface area contributed by atoms with E-state index in [1.54, 1.807) is 31.2 Å². The van der Waals surface area contributed by atoms with Crippen LogP contribution < -0.4 is 10.3 Å². The highest BCUT2D eigenvalue weighted by Gasteiger charge is 2.20. The molecule has 3 aromatic rings. The van der Waals surface area contributed by atoms with Crippen molar-refractivity contribution >= 4 is 27.5 Å². The lowest BCUT2D eigenvalue weighted by molar-refractivity contribution is 0.0739. The number of hydrogen-bond acceptors (Lipinski definition) is 6. The normalized spacial score (nSPS) is 10.5. The van der Waals surface area contributed by atoms with Crippen LogP contribution in [0.5, 0.6) is 5.75 Å². The molecule has 7 heteroatoms. The number of rotatable bonds is 3. The molecule has 0 atom stereocenters. The summed E-state index contributed by atoms with van der Waals surface area (Å²) in [7, 11) is 0. The first-order valence-electron chi connectivity index (χ1n) is 7.26. The Bertz CT molecular complexity index is 1030. The molecule has 0 N–H and O–H groups in total. The maximum absolute atomic E-state index is 12.4. The highest BCUT2D eigenvalue weighted by Crippen LogP contribution is 2.28. The highest BCUT2D eigenvalue weighted by atomic mass is 32.1. The highest BCUT2D eigenvalue weighted by molar-refractivity contribution is 7.20. The van der Waals surface area contributed by atoms with Crippen LogP contribution >= 0.6 is 11.3 Å². The van der Waals surface area contributed by atoms with E-state index in [1.807, 2.05) is 13.0 Å². The first-order valence-corrected chi connectivity index (χ1v) is 8.07. The van der Waals surface area contributed by atoms with Crippen molar-refractivity contribution in [2.75, 3.05) is 0 Å². The number of thiophene rings is 1. The van der Waals surface area contributed by atoms with E-state index in [-0.39, 0.29) is 5.56 Å². The average molecular weight is 339 g/mol. The van der Waals surface area contributed by atoms with Gasteiger partial charge in [0.25, 0.3) is 5.56 Å². The summed E-state index contributed by atoms with van der Waals surface area (Å²) in [5.74, 6) is -0.197. The fourth-order valence-corrected chi connectivity index (χ4v) is 3.35. The molecule has 120 valence electrons. The van der Waals surface area contributed by atoms with E-state index in [9.17, 15) is 9.59 Å². The summed E-state index contributed by atoms with van der Waals surface area (Å²) in [5.41, 5.74) is 0.903. The number of ether oxygens (including phenoxy) is 1. The molecule has 0 bridgehead atoms. The van der Waals surface area contributed by atoms with Gasteiger partial charge in [-0.05, 0) is 43.7 Å². The molecule has 1 aromatic carbocycles. The molecule has 0 fully saturated rings. The Balaban J connectivity index is 1.98. The van der Waals surface area contributed by atoms with Gasteiger partial charge in [-0.3, -0.25) is 9.36 Å². The van der Waals surface area contributed by atoms with Gasteiger partial charge in [-0.15, -0.1) is 11.3 Å². The van der Waals surface area contributed by atoms with Crippen LogP contribution in [0.1, 0.15) is 27.7 Å². The number of benzene rings is 1. The van der Waals surface area contributed by atoms with Gasteiger partial charge in [0, 0.05) is 6.54 Å². The fourth-order valence-electron chi connectivity index (χ4n) is 2.33. The first kappa shape index (κ1) is 15.9. The molecule has 0 aliphatic heterocycles. The third kappa shape index (κ3) is 2.68. The van der Waals surface area contributed by atoms with Gasteiger partial charge < -0.3 is 4.74 Å². The van der Waals surface area contributed by atoms with Gasteiger partial charge in [-0.2, -0.15) is 5.26 Å². The quantitative estimate of drug-likeness (QED) is 0.541. The van der Waals surface area contributed by atoms with E-state index in [1.165, 1.54) is 10.9 Å². The number of fused-ring (bicyclic) bond motifs is 1. The zero-order chi connectivity index (χ0) is 17.3. The van der Waals surface area contributed by atoms with Crippen LogP contribution in [0.3, 0.4) is 0 Å². The molecule has 0 spiro atoms. The molecule has 0 saturated carbocycles. The number of nitrogens with zero attached hydrogens (tertiary/aromatic N) is 3. The Morgan fingerprint density at radius 2 is 2.08 bits per heavy atom. The maximum Gasteiger partial charge on any atom is 0.354 e. The van der Waals surface area contributed by atoms with Crippen molar-refractivity contribution < 1.29 is 9.53 Å². The minimum Gasteiger partial charge on any atom is -0.422 e. The number of aryl methyl sites for hydroxylation is 2. The second-order valence-electron chi connectivity index (χ2n) is 5.10. The van der Waals surface area contributed by atoms with Gasteiger partial charge in [0.1, 0.15) is 15.5 Å². The summed E-state index contributed by atoms with van der Waals surface area (Å²) in [4.78, 5) is 29.9. The van der Waals surface area contributed by atoms with Gasteiger partial charge in [-0.1, -0.05) is 0 Å². The van der Waals surface area contributed by atoms with E-state index in [0.717, 1.165) is 11.3 Å². The van der Waals surface area contributed by atoms with E-state index in [0.29, 0.717) is 38.5 Å². The summed E-state index contributed by atoms with van der Waals surface area (Å²) in [6.07, 6.45) is 1.48. The Morgan fingerprint density at radius 1 is 1.38 bits per heavy atom. The third-order valence-electron chi connectivity index (χ3n) is 3.64. The Hall–Kier alpha value is -2.98. The van der Waals surface area contributed by atoms with Gasteiger partial charge in [0.15, 0.2) is 0 Å². The van der Waals surface area contributed by atoms with Crippen LogP contribution in [0.25, 0.3) is 10.2 Å². The van der Waals surface area contributed by atoms with Crippen molar-refractivity contribution in [2.24, 2.45) is 0 Å². The Labute approximate surface area is 141 Å². The Morgan fingerprint density at radius 3 is 2.71 bits per heavy atom. The van der Waals surface area contributed by atoms with Gasteiger partial charge in [0.05, 0.1) is 23.3 Å². The van der Waals surface area contributed by atoms with E-state index >= 15 is 0 Å². The number of nitriles is 1. The van der Waals surface area contributed by atoms with E-state index in [2.05, 4.69) is 4.98 Å². The lowest BCUT2D eigenvalue weighted by Crippen LogP contribution is -2.19. The summed E-state index contributed by atoms with van der Waals surface area (Å²) in [5, 5.41) is 9.23. The number of carbonyl (C=O) groups excluding carboxylic acids is 1. The molecule has 0 saturated heterocycles. The zero-order valence-corrected chi connectivity index (χ0v) is 13.9. The minimum absolute atomic E-state index is 0.159. The van der Waals surface area contributed by atoms with E-state index in [4.69, 9.17) is 10.00 Å². The van der Waals surface area contributed by atoms with E-state index < -0.39 is 5.97 Å². The van der Waals surface area contributed by atoms with Crippen molar-refractivity contribution in [2.45, 2.75) is 20.4 Å². The predicted octanol–water partition coefficient (Wildman–Crippen LogP) is 2.88. The summed E-state index contributed by atoms with van der Waals surface area (Å²) < 4.78 is 6.83. The van der Waals surface area contributed by atoms with Gasteiger partial charge >= 0.3 is 5.97 Å². The van der Waals surface area contributed by atoms with Crippen LogP contribution in [-0.4, -0.2) is 15.5 Å². The molecule has 0 amide bonds. The summed E-state index contributed by atoms with van der Waals surface area (Å²) in [6, 6.07) is 8.26. The molecular formula is C17H13N3O3S. The van der Waals surface area contributed by atoms with Crippen molar-refractivity contribution in [1.82, 2.24) is 9.55 Å². The van der Waals surface area contributed by atoms with Crippen LogP contribution in [0.2, 0.25) is 0 Å². The largest absolute Gasteiger partial charge is 0.422 e. The third-order valence-corrected chi connectivity index (χ3v) is 4.82. The number of esters is 1. The lowest BCUT2D eigenvalue weighted by Gasteiger charge is -2.03. The molecule has 0 aliphatic carbocycles. The average Bonchev–Trinajstić information content (AvgIpc) is 2.93. The van der Waals surface area contributed by atoms with Crippen LogP contribution in [0, 0.1) is 18.3 Å². The van der Waals surface area contributed by atoms with Gasteiger partial charge in [0.2, 0.25) is 0 Å². The number of aromatic nitrogens is 2. The lowest BCUT2D eigenvalue weighted by atomic mass is 10.2. The monoisotopic (exact) mass is 339 g/mol. The molecule has 0 aliphatic rings. The molecular weight excluding hydrogens is 326 g/mol. The van der Waals surface area contributed by atoms with Crippen molar-refractivity contribution in [1.29, 1.82) is 5.26 Å². The second kappa shape index (κ2) is 6.26. The first-order chi connectivity index (χ1) is 11.5. The van der Waals surface area contributed by atoms with Crippen LogP contribution in [0.15, 0.2) is 35.4 Å². The number of hydrogen-bond donors (Lipinski definition) is 0. The topological polar surface area (TPSA) is 85.0 Å².